The number of aromatic nitrogens is 2. The lowest BCUT2D eigenvalue weighted by Crippen LogP contribution is -2.36. The van der Waals surface area contributed by atoms with Gasteiger partial charge < -0.3 is 5.32 Å². The molecule has 128 valence electrons. The zero-order valence-corrected chi connectivity index (χ0v) is 14.3. The van der Waals surface area contributed by atoms with Crippen molar-refractivity contribution in [3.63, 3.8) is 0 Å². The van der Waals surface area contributed by atoms with Crippen LogP contribution < -0.4 is 5.32 Å². The van der Waals surface area contributed by atoms with Crippen LogP contribution in [0.2, 0.25) is 0 Å². The highest BCUT2D eigenvalue weighted by Gasteiger charge is 2.50. The molecule has 3 atom stereocenters. The van der Waals surface area contributed by atoms with Gasteiger partial charge >= 0.3 is 0 Å². The number of carbonyl (C=O) groups is 1. The molecule has 1 amide bonds. The van der Waals surface area contributed by atoms with Crippen molar-refractivity contribution in [3.8, 4) is 10.6 Å². The van der Waals surface area contributed by atoms with Crippen molar-refractivity contribution in [2.75, 3.05) is 5.32 Å². The Hall–Kier alpha value is -2.61. The van der Waals surface area contributed by atoms with Crippen molar-refractivity contribution in [2.45, 2.75) is 19.8 Å². The highest BCUT2D eigenvalue weighted by Crippen LogP contribution is 2.52. The Morgan fingerprint density at radius 1 is 1.32 bits per heavy atom. The van der Waals surface area contributed by atoms with E-state index >= 15 is 0 Å². The van der Waals surface area contributed by atoms with E-state index < -0.39 is 10.3 Å². The minimum absolute atomic E-state index is 0.0178. The van der Waals surface area contributed by atoms with Crippen molar-refractivity contribution < 1.29 is 9.72 Å². The Morgan fingerprint density at radius 3 is 2.68 bits per heavy atom. The molecule has 0 spiro atoms. The van der Waals surface area contributed by atoms with E-state index in [9.17, 15) is 14.9 Å². The van der Waals surface area contributed by atoms with Gasteiger partial charge in [0.2, 0.25) is 11.0 Å². The summed E-state index contributed by atoms with van der Waals surface area (Å²) < 4.78 is 0. The van der Waals surface area contributed by atoms with Crippen molar-refractivity contribution in [2.24, 2.45) is 17.3 Å². The number of allylic oxidation sites excluding steroid dienone is 2. The van der Waals surface area contributed by atoms with E-state index in [1.165, 1.54) is 23.5 Å². The predicted octanol–water partition coefficient (Wildman–Crippen LogP) is 3.65. The molecule has 0 aliphatic heterocycles. The first-order chi connectivity index (χ1) is 12.0. The lowest BCUT2D eigenvalue weighted by atomic mass is 9.77. The largest absolute Gasteiger partial charge is 0.300 e. The van der Waals surface area contributed by atoms with E-state index in [0.717, 1.165) is 18.4 Å². The molecule has 7 nitrogen and oxygen atoms in total. The summed E-state index contributed by atoms with van der Waals surface area (Å²) in [6, 6.07) is 6.12. The Bertz CT molecular complexity index is 876. The second kappa shape index (κ2) is 5.73. The van der Waals surface area contributed by atoms with Crippen molar-refractivity contribution in [1.29, 1.82) is 0 Å². The molecule has 1 fully saturated rings. The van der Waals surface area contributed by atoms with Crippen LogP contribution in [-0.2, 0) is 4.79 Å². The van der Waals surface area contributed by atoms with Crippen molar-refractivity contribution in [3.05, 3.63) is 46.5 Å². The molecule has 0 radical (unpaired) electrons. The van der Waals surface area contributed by atoms with E-state index in [2.05, 4.69) is 27.7 Å². The number of anilines is 1. The molecule has 1 heterocycles. The lowest BCUT2D eigenvalue weighted by molar-refractivity contribution is -0.384. The molecule has 2 bridgehead atoms. The Labute approximate surface area is 147 Å². The minimum Gasteiger partial charge on any atom is -0.300 e. The number of nitro groups is 1. The van der Waals surface area contributed by atoms with Gasteiger partial charge in [0.05, 0.1) is 10.3 Å². The van der Waals surface area contributed by atoms with E-state index in [1.807, 2.05) is 6.92 Å². The van der Waals surface area contributed by atoms with Crippen LogP contribution in [0.4, 0.5) is 10.8 Å². The maximum absolute atomic E-state index is 12.7. The molecule has 1 saturated carbocycles. The number of benzene rings is 1. The summed E-state index contributed by atoms with van der Waals surface area (Å²) in [7, 11) is 0. The monoisotopic (exact) mass is 356 g/mol. The Kier molecular flexibility index (Phi) is 3.64. The molecule has 1 aromatic carbocycles. The predicted molar refractivity (Wildman–Crippen MR) is 94.1 cm³/mol. The van der Waals surface area contributed by atoms with Crippen LogP contribution >= 0.6 is 11.3 Å². The number of nitrogens with one attached hydrogen (secondary N) is 1. The fraction of sp³-hybridized carbons (Fsp3) is 0.353. The first-order valence-corrected chi connectivity index (χ1v) is 8.85. The van der Waals surface area contributed by atoms with Crippen molar-refractivity contribution >= 4 is 28.1 Å². The molecule has 0 saturated heterocycles. The van der Waals surface area contributed by atoms with E-state index in [0.29, 0.717) is 22.0 Å². The maximum Gasteiger partial charge on any atom is 0.269 e. The van der Waals surface area contributed by atoms with Gasteiger partial charge in [0.25, 0.3) is 5.69 Å². The van der Waals surface area contributed by atoms with Gasteiger partial charge in [-0.05, 0) is 36.8 Å². The average molecular weight is 356 g/mol. The third kappa shape index (κ3) is 2.72. The van der Waals surface area contributed by atoms with Crippen LogP contribution in [-0.4, -0.2) is 21.0 Å². The van der Waals surface area contributed by atoms with Crippen LogP contribution in [0.1, 0.15) is 19.8 Å². The van der Waals surface area contributed by atoms with E-state index in [-0.39, 0.29) is 11.6 Å². The fourth-order valence-corrected chi connectivity index (χ4v) is 4.46. The number of nitrogens with zero attached hydrogens (tertiary/aromatic N) is 3. The summed E-state index contributed by atoms with van der Waals surface area (Å²) in [6.07, 6.45) is 6.27. The molecule has 0 unspecified atom stereocenters. The second-order valence-electron chi connectivity index (χ2n) is 6.78. The third-order valence-corrected chi connectivity index (χ3v) is 6.05. The van der Waals surface area contributed by atoms with Gasteiger partial charge in [0.1, 0.15) is 5.01 Å². The molecule has 25 heavy (non-hydrogen) atoms. The molecule has 4 rings (SSSR count). The maximum atomic E-state index is 12.7. The molecule has 1 aromatic heterocycles. The summed E-state index contributed by atoms with van der Waals surface area (Å²) in [5.74, 6) is 0.779. The van der Waals surface area contributed by atoms with E-state index in [1.54, 1.807) is 12.1 Å². The fourth-order valence-electron chi connectivity index (χ4n) is 3.71. The quantitative estimate of drug-likeness (QED) is 0.512. The Balaban J connectivity index is 1.49. The number of carbonyl (C=O) groups excluding carboxylic acids is 1. The second-order valence-corrected chi connectivity index (χ2v) is 7.76. The van der Waals surface area contributed by atoms with Crippen LogP contribution in [0, 0.1) is 27.4 Å². The summed E-state index contributed by atoms with van der Waals surface area (Å²) in [5.41, 5.74) is 0.371. The number of fused-ring (bicyclic) bond motifs is 2. The van der Waals surface area contributed by atoms with Gasteiger partial charge in [-0.15, -0.1) is 10.2 Å². The summed E-state index contributed by atoms with van der Waals surface area (Å²) >= 11 is 1.26. The normalized spacial score (nSPS) is 26.8. The zero-order chi connectivity index (χ0) is 17.6. The van der Waals surface area contributed by atoms with Crippen LogP contribution in [0.25, 0.3) is 10.6 Å². The number of hydrogen-bond donors (Lipinski definition) is 1. The molecule has 8 heteroatoms. The third-order valence-electron chi connectivity index (χ3n) is 5.17. The molecule has 2 aliphatic carbocycles. The van der Waals surface area contributed by atoms with Crippen LogP contribution in [0.3, 0.4) is 0 Å². The molecule has 1 N–H and O–H groups in total. The molecule has 2 aromatic rings. The van der Waals surface area contributed by atoms with Gasteiger partial charge in [0.15, 0.2) is 0 Å². The zero-order valence-electron chi connectivity index (χ0n) is 13.5. The number of amides is 1. The minimum atomic E-state index is -0.444. The number of rotatable bonds is 4. The summed E-state index contributed by atoms with van der Waals surface area (Å²) in [6.45, 7) is 2.01. The SMILES string of the molecule is C[C@@]1(C(=O)Nc2nnc(-c3ccc([N+](=O)[O-])cc3)s2)C[C@H]2C=C[C@H]1C2. The Morgan fingerprint density at radius 2 is 2.08 bits per heavy atom. The van der Waals surface area contributed by atoms with Gasteiger partial charge in [-0.1, -0.05) is 30.4 Å². The van der Waals surface area contributed by atoms with Crippen molar-refractivity contribution in [1.82, 2.24) is 10.2 Å². The summed E-state index contributed by atoms with van der Waals surface area (Å²) in [4.78, 5) is 23.0. The molecular formula is C17H16N4O3S. The highest BCUT2D eigenvalue weighted by atomic mass is 32.1. The highest BCUT2D eigenvalue weighted by molar-refractivity contribution is 7.18. The lowest BCUT2D eigenvalue weighted by Gasteiger charge is -2.29. The number of hydrogen-bond acceptors (Lipinski definition) is 6. The number of non-ortho nitro benzene ring substituents is 1. The average Bonchev–Trinajstić information content (AvgIpc) is 3.31. The van der Waals surface area contributed by atoms with Crippen LogP contribution in [0.15, 0.2) is 36.4 Å². The van der Waals surface area contributed by atoms with Crippen LogP contribution in [0.5, 0.6) is 0 Å². The van der Waals surface area contributed by atoms with Gasteiger partial charge in [-0.3, -0.25) is 14.9 Å². The topological polar surface area (TPSA) is 98.0 Å². The van der Waals surface area contributed by atoms with Gasteiger partial charge in [0, 0.05) is 17.7 Å². The standard InChI is InChI=1S/C17H16N4O3S/c1-17(9-10-2-5-12(17)8-10)15(22)18-16-20-19-14(25-16)11-3-6-13(7-4-11)21(23)24/h2-7,10,12H,8-9H2,1H3,(H,18,20,22)/t10-,12-,17+/m0/s1. The van der Waals surface area contributed by atoms with E-state index in [4.69, 9.17) is 0 Å². The first-order valence-electron chi connectivity index (χ1n) is 8.04. The van der Waals surface area contributed by atoms with Gasteiger partial charge in [-0.25, -0.2) is 0 Å². The summed E-state index contributed by atoms with van der Waals surface area (Å²) in [5, 5.41) is 22.8. The molecule has 2 aliphatic rings. The molecular weight excluding hydrogens is 340 g/mol. The van der Waals surface area contributed by atoms with Gasteiger partial charge in [-0.2, -0.15) is 0 Å². The number of nitro benzene ring substituents is 1. The smallest absolute Gasteiger partial charge is 0.269 e. The first kappa shape index (κ1) is 15.9.